The first kappa shape index (κ1) is 11.8. The molecule has 0 spiro atoms. The van der Waals surface area contributed by atoms with Gasteiger partial charge in [0.05, 0.1) is 22.5 Å². The normalized spacial score (nSPS) is 14.8. The van der Waals surface area contributed by atoms with Gasteiger partial charge in [-0.1, -0.05) is 6.07 Å². The molecule has 3 rings (SSSR count). The van der Waals surface area contributed by atoms with E-state index in [1.165, 1.54) is 12.8 Å². The predicted octanol–water partition coefficient (Wildman–Crippen LogP) is 3.94. The average Bonchev–Trinajstić information content (AvgIpc) is 3.09. The molecule has 1 heterocycles. The summed E-state index contributed by atoms with van der Waals surface area (Å²) in [5.41, 5.74) is 3.12. The maximum atomic E-state index is 5.85. The lowest BCUT2D eigenvalue weighted by molar-refractivity contribution is 0.298. The molecule has 0 atom stereocenters. The molecular formula is C14H15BrN2O. The lowest BCUT2D eigenvalue weighted by Gasteiger charge is -2.09. The Balaban J connectivity index is 1.84. The molecule has 0 bridgehead atoms. The van der Waals surface area contributed by atoms with Crippen molar-refractivity contribution in [3.63, 3.8) is 0 Å². The molecule has 0 radical (unpaired) electrons. The molecule has 0 unspecified atom stereocenters. The largest absolute Gasteiger partial charge is 0.492 e. The van der Waals surface area contributed by atoms with Gasteiger partial charge < -0.3 is 4.74 Å². The van der Waals surface area contributed by atoms with Crippen molar-refractivity contribution in [2.45, 2.75) is 19.8 Å². The van der Waals surface area contributed by atoms with Crippen LogP contribution < -0.4 is 4.74 Å². The van der Waals surface area contributed by atoms with E-state index in [-0.39, 0.29) is 0 Å². The standard InChI is InChI=1S/C14H15BrN2O/c1-9-6-13(17-16-9)11-4-5-12(15)14(7-11)18-8-10-2-3-10/h4-7,10H,2-3,8H2,1H3,(H,16,17). The number of aromatic nitrogens is 2. The topological polar surface area (TPSA) is 37.9 Å². The summed E-state index contributed by atoms with van der Waals surface area (Å²) in [5, 5.41) is 7.18. The van der Waals surface area contributed by atoms with Crippen LogP contribution in [0.3, 0.4) is 0 Å². The van der Waals surface area contributed by atoms with Crippen LogP contribution in [-0.2, 0) is 0 Å². The summed E-state index contributed by atoms with van der Waals surface area (Å²) < 4.78 is 6.85. The Morgan fingerprint density at radius 3 is 2.89 bits per heavy atom. The molecular weight excluding hydrogens is 292 g/mol. The van der Waals surface area contributed by atoms with Crippen molar-refractivity contribution in [2.24, 2.45) is 5.92 Å². The number of hydrogen-bond acceptors (Lipinski definition) is 2. The van der Waals surface area contributed by atoms with Gasteiger partial charge in [0, 0.05) is 5.56 Å². The zero-order chi connectivity index (χ0) is 12.5. The van der Waals surface area contributed by atoms with E-state index < -0.39 is 0 Å². The van der Waals surface area contributed by atoms with Crippen LogP contribution in [-0.4, -0.2) is 16.8 Å². The second-order valence-corrected chi connectivity index (χ2v) is 5.68. The number of halogens is 1. The lowest BCUT2D eigenvalue weighted by atomic mass is 10.1. The van der Waals surface area contributed by atoms with Gasteiger partial charge in [-0.3, -0.25) is 5.10 Å². The lowest BCUT2D eigenvalue weighted by Crippen LogP contribution is -1.99. The summed E-state index contributed by atoms with van der Waals surface area (Å²) >= 11 is 3.53. The van der Waals surface area contributed by atoms with E-state index in [0.29, 0.717) is 0 Å². The Morgan fingerprint density at radius 2 is 2.22 bits per heavy atom. The van der Waals surface area contributed by atoms with Gasteiger partial charge in [0.25, 0.3) is 0 Å². The first-order valence-corrected chi connectivity index (χ1v) is 6.96. The van der Waals surface area contributed by atoms with Crippen LogP contribution >= 0.6 is 15.9 Å². The number of aromatic amines is 1. The molecule has 18 heavy (non-hydrogen) atoms. The SMILES string of the molecule is Cc1cc(-c2ccc(Br)c(OCC3CC3)c2)[nH]n1. The van der Waals surface area contributed by atoms with Crippen molar-refractivity contribution >= 4 is 15.9 Å². The monoisotopic (exact) mass is 306 g/mol. The van der Waals surface area contributed by atoms with Crippen LogP contribution in [0.5, 0.6) is 5.75 Å². The highest BCUT2D eigenvalue weighted by atomic mass is 79.9. The highest BCUT2D eigenvalue weighted by molar-refractivity contribution is 9.10. The minimum Gasteiger partial charge on any atom is -0.492 e. The zero-order valence-electron chi connectivity index (χ0n) is 10.2. The van der Waals surface area contributed by atoms with Crippen LogP contribution in [0, 0.1) is 12.8 Å². The van der Waals surface area contributed by atoms with E-state index in [9.17, 15) is 0 Å². The molecule has 1 aromatic carbocycles. The van der Waals surface area contributed by atoms with Gasteiger partial charge in [-0.2, -0.15) is 5.10 Å². The fraction of sp³-hybridized carbons (Fsp3) is 0.357. The minimum atomic E-state index is 0.759. The molecule has 3 nitrogen and oxygen atoms in total. The minimum absolute atomic E-state index is 0.759. The second kappa shape index (κ2) is 4.76. The van der Waals surface area contributed by atoms with Crippen LogP contribution in [0.15, 0.2) is 28.7 Å². The highest BCUT2D eigenvalue weighted by Crippen LogP contribution is 2.34. The number of nitrogens with zero attached hydrogens (tertiary/aromatic N) is 1. The molecule has 4 heteroatoms. The van der Waals surface area contributed by atoms with E-state index >= 15 is 0 Å². The van der Waals surface area contributed by atoms with Gasteiger partial charge >= 0.3 is 0 Å². The molecule has 1 N–H and O–H groups in total. The van der Waals surface area contributed by atoms with E-state index in [2.05, 4.69) is 38.3 Å². The fourth-order valence-corrected chi connectivity index (χ4v) is 2.20. The molecule has 1 aliphatic rings. The molecule has 1 saturated carbocycles. The Bertz CT molecular complexity index is 561. The average molecular weight is 307 g/mol. The third-order valence-electron chi connectivity index (χ3n) is 3.12. The number of hydrogen-bond donors (Lipinski definition) is 1. The van der Waals surface area contributed by atoms with Crippen molar-refractivity contribution in [2.75, 3.05) is 6.61 Å². The van der Waals surface area contributed by atoms with Crippen molar-refractivity contribution in [1.82, 2.24) is 10.2 Å². The van der Waals surface area contributed by atoms with Crippen LogP contribution in [0.1, 0.15) is 18.5 Å². The predicted molar refractivity (Wildman–Crippen MR) is 74.7 cm³/mol. The van der Waals surface area contributed by atoms with Gasteiger partial charge in [-0.25, -0.2) is 0 Å². The molecule has 1 aliphatic carbocycles. The van der Waals surface area contributed by atoms with Crippen molar-refractivity contribution in [3.05, 3.63) is 34.4 Å². The smallest absolute Gasteiger partial charge is 0.134 e. The molecule has 0 amide bonds. The van der Waals surface area contributed by atoms with E-state index in [1.54, 1.807) is 0 Å². The second-order valence-electron chi connectivity index (χ2n) is 4.82. The fourth-order valence-electron chi connectivity index (χ4n) is 1.84. The first-order valence-electron chi connectivity index (χ1n) is 6.17. The number of aryl methyl sites for hydroxylation is 1. The highest BCUT2D eigenvalue weighted by Gasteiger charge is 2.22. The van der Waals surface area contributed by atoms with Crippen LogP contribution in [0.25, 0.3) is 11.3 Å². The Kier molecular flexibility index (Phi) is 3.12. The number of ether oxygens (including phenoxy) is 1. The Hall–Kier alpha value is -1.29. The van der Waals surface area contributed by atoms with E-state index in [1.807, 2.05) is 19.1 Å². The summed E-state index contributed by atoms with van der Waals surface area (Å²) in [4.78, 5) is 0. The third kappa shape index (κ3) is 2.58. The number of nitrogens with one attached hydrogen (secondary N) is 1. The number of benzene rings is 1. The summed E-state index contributed by atoms with van der Waals surface area (Å²) in [7, 11) is 0. The van der Waals surface area contributed by atoms with Gasteiger partial charge in [-0.15, -0.1) is 0 Å². The molecule has 1 aromatic heterocycles. The van der Waals surface area contributed by atoms with Crippen LogP contribution in [0.4, 0.5) is 0 Å². The summed E-state index contributed by atoms with van der Waals surface area (Å²) in [6.45, 7) is 2.80. The number of rotatable bonds is 4. The Morgan fingerprint density at radius 1 is 1.39 bits per heavy atom. The van der Waals surface area contributed by atoms with Crippen molar-refractivity contribution < 1.29 is 4.74 Å². The van der Waals surface area contributed by atoms with Crippen molar-refractivity contribution in [1.29, 1.82) is 0 Å². The molecule has 2 aromatic rings. The summed E-state index contributed by atoms with van der Waals surface area (Å²) in [6.07, 6.45) is 2.61. The summed E-state index contributed by atoms with van der Waals surface area (Å²) in [5.74, 6) is 1.67. The van der Waals surface area contributed by atoms with Gasteiger partial charge in [0.2, 0.25) is 0 Å². The first-order chi connectivity index (χ1) is 8.72. The van der Waals surface area contributed by atoms with Gasteiger partial charge in [-0.05, 0) is 59.8 Å². The van der Waals surface area contributed by atoms with Gasteiger partial charge in [0.15, 0.2) is 0 Å². The van der Waals surface area contributed by atoms with Crippen LogP contribution in [0.2, 0.25) is 0 Å². The van der Waals surface area contributed by atoms with Crippen molar-refractivity contribution in [3.8, 4) is 17.0 Å². The number of H-pyrrole nitrogens is 1. The van der Waals surface area contributed by atoms with E-state index in [4.69, 9.17) is 4.74 Å². The third-order valence-corrected chi connectivity index (χ3v) is 3.77. The quantitative estimate of drug-likeness (QED) is 0.929. The molecule has 0 aliphatic heterocycles. The molecule has 1 fully saturated rings. The molecule has 94 valence electrons. The van der Waals surface area contributed by atoms with E-state index in [0.717, 1.165) is 39.7 Å². The maximum Gasteiger partial charge on any atom is 0.134 e. The maximum absolute atomic E-state index is 5.85. The zero-order valence-corrected chi connectivity index (χ0v) is 11.8. The summed E-state index contributed by atoms with van der Waals surface area (Å²) in [6, 6.07) is 8.17. The Labute approximate surface area is 115 Å². The van der Waals surface area contributed by atoms with Gasteiger partial charge in [0.1, 0.15) is 5.75 Å². The molecule has 0 saturated heterocycles.